The Labute approximate surface area is 124 Å². The van der Waals surface area contributed by atoms with Crippen molar-refractivity contribution in [3.63, 3.8) is 0 Å². The minimum absolute atomic E-state index is 0.124. The second kappa shape index (κ2) is 6.57. The van der Waals surface area contributed by atoms with E-state index in [1.54, 1.807) is 0 Å². The van der Waals surface area contributed by atoms with Crippen LogP contribution in [0.15, 0.2) is 23.2 Å². The molecule has 0 unspecified atom stereocenters. The molecule has 1 aromatic heterocycles. The maximum atomic E-state index is 12.1. The van der Waals surface area contributed by atoms with E-state index in [0.29, 0.717) is 12.2 Å². The van der Waals surface area contributed by atoms with Crippen molar-refractivity contribution in [2.24, 2.45) is 5.73 Å². The Morgan fingerprint density at radius 3 is 2.65 bits per heavy atom. The molecule has 0 radical (unpaired) electrons. The molecule has 0 bridgehead atoms. The summed E-state index contributed by atoms with van der Waals surface area (Å²) in [5, 5.41) is 0. The minimum atomic E-state index is -3.52. The van der Waals surface area contributed by atoms with E-state index in [1.165, 1.54) is 31.2 Å². The highest BCUT2D eigenvalue weighted by atomic mass is 32.2. The molecular formula is C12H18N4O2S2. The van der Waals surface area contributed by atoms with Gasteiger partial charge in [-0.15, -0.1) is 0 Å². The maximum absolute atomic E-state index is 12.1. The van der Waals surface area contributed by atoms with Crippen LogP contribution in [0.3, 0.4) is 0 Å². The van der Waals surface area contributed by atoms with Crippen molar-refractivity contribution in [3.05, 3.63) is 24.0 Å². The van der Waals surface area contributed by atoms with Crippen LogP contribution in [0.2, 0.25) is 0 Å². The van der Waals surface area contributed by atoms with Crippen molar-refractivity contribution in [3.8, 4) is 0 Å². The second-order valence-electron chi connectivity index (χ2n) is 4.69. The molecule has 0 spiro atoms. The molecule has 0 saturated carbocycles. The first-order valence-electron chi connectivity index (χ1n) is 6.47. The molecule has 0 atom stereocenters. The predicted octanol–water partition coefficient (Wildman–Crippen LogP) is 0.0899. The third-order valence-corrected chi connectivity index (χ3v) is 4.87. The van der Waals surface area contributed by atoms with E-state index in [-0.39, 0.29) is 9.88 Å². The van der Waals surface area contributed by atoms with Gasteiger partial charge in [0, 0.05) is 19.3 Å². The third kappa shape index (κ3) is 3.95. The van der Waals surface area contributed by atoms with Gasteiger partial charge in [-0.25, -0.2) is 13.1 Å². The number of sulfonamides is 1. The van der Waals surface area contributed by atoms with Gasteiger partial charge in [0.2, 0.25) is 10.0 Å². The summed E-state index contributed by atoms with van der Waals surface area (Å²) in [4.78, 5) is 6.45. The number of hydrogen-bond donors (Lipinski definition) is 2. The third-order valence-electron chi connectivity index (χ3n) is 3.22. The van der Waals surface area contributed by atoms with Crippen LogP contribution in [0, 0.1) is 0 Å². The van der Waals surface area contributed by atoms with Crippen LogP contribution in [0.25, 0.3) is 0 Å². The lowest BCUT2D eigenvalue weighted by Crippen LogP contribution is -2.33. The number of likely N-dealkylation sites (tertiary alicyclic amines) is 1. The van der Waals surface area contributed by atoms with Gasteiger partial charge in [-0.2, -0.15) is 0 Å². The Bertz CT molecular complexity index is 566. The lowest BCUT2D eigenvalue weighted by Gasteiger charge is -2.14. The normalized spacial score (nSPS) is 16.4. The van der Waals surface area contributed by atoms with Gasteiger partial charge in [0.05, 0.1) is 5.69 Å². The molecule has 1 aliphatic rings. The Balaban J connectivity index is 1.93. The molecule has 110 valence electrons. The summed E-state index contributed by atoms with van der Waals surface area (Å²) in [6, 6.07) is 2.97. The van der Waals surface area contributed by atoms with Crippen molar-refractivity contribution in [2.45, 2.75) is 17.7 Å². The van der Waals surface area contributed by atoms with Crippen molar-refractivity contribution in [2.75, 3.05) is 26.2 Å². The highest BCUT2D eigenvalue weighted by molar-refractivity contribution is 7.89. The summed E-state index contributed by atoms with van der Waals surface area (Å²) in [5.41, 5.74) is 5.83. The number of nitrogens with zero attached hydrogens (tertiary/aromatic N) is 2. The van der Waals surface area contributed by atoms with Crippen LogP contribution < -0.4 is 10.5 Å². The summed E-state index contributed by atoms with van der Waals surface area (Å²) in [6.07, 6.45) is 3.65. The molecule has 2 rings (SSSR count). The van der Waals surface area contributed by atoms with Crippen LogP contribution in [0.4, 0.5) is 0 Å². The zero-order valence-corrected chi connectivity index (χ0v) is 12.7. The van der Waals surface area contributed by atoms with Gasteiger partial charge in [-0.1, -0.05) is 12.2 Å². The van der Waals surface area contributed by atoms with Crippen molar-refractivity contribution >= 4 is 27.2 Å². The summed E-state index contributed by atoms with van der Waals surface area (Å²) in [5.74, 6) is 0. The largest absolute Gasteiger partial charge is 0.388 e. The topological polar surface area (TPSA) is 88.3 Å². The lowest BCUT2D eigenvalue weighted by atomic mass is 10.3. The van der Waals surface area contributed by atoms with E-state index in [4.69, 9.17) is 18.0 Å². The maximum Gasteiger partial charge on any atom is 0.242 e. The zero-order chi connectivity index (χ0) is 14.6. The quantitative estimate of drug-likeness (QED) is 0.724. The standard InChI is InChI=1S/C12H18N4O2S2/c13-12(19)11-4-3-10(9-14-11)20(17,18)15-5-8-16-6-1-2-7-16/h3-4,9,15H,1-2,5-8H2,(H2,13,19). The molecule has 20 heavy (non-hydrogen) atoms. The SMILES string of the molecule is NC(=S)c1ccc(S(=O)(=O)NCCN2CCCC2)cn1. The molecular weight excluding hydrogens is 296 g/mol. The summed E-state index contributed by atoms with van der Waals surface area (Å²) in [6.45, 7) is 3.23. The molecule has 1 fully saturated rings. The fraction of sp³-hybridized carbons (Fsp3) is 0.500. The first kappa shape index (κ1) is 15.3. The molecule has 0 amide bonds. The van der Waals surface area contributed by atoms with Crippen LogP contribution in [-0.2, 0) is 10.0 Å². The van der Waals surface area contributed by atoms with Crippen LogP contribution in [0.1, 0.15) is 18.5 Å². The zero-order valence-electron chi connectivity index (χ0n) is 11.1. The highest BCUT2D eigenvalue weighted by Gasteiger charge is 2.16. The van der Waals surface area contributed by atoms with Gasteiger partial charge in [0.1, 0.15) is 9.88 Å². The lowest BCUT2D eigenvalue weighted by molar-refractivity contribution is 0.344. The fourth-order valence-electron chi connectivity index (χ4n) is 2.11. The summed E-state index contributed by atoms with van der Waals surface area (Å²) < 4.78 is 26.7. The van der Waals surface area contributed by atoms with E-state index < -0.39 is 10.0 Å². The van der Waals surface area contributed by atoms with Crippen LogP contribution >= 0.6 is 12.2 Å². The first-order chi connectivity index (χ1) is 9.49. The predicted molar refractivity (Wildman–Crippen MR) is 81.0 cm³/mol. The smallest absolute Gasteiger partial charge is 0.242 e. The second-order valence-corrected chi connectivity index (χ2v) is 6.90. The summed E-state index contributed by atoms with van der Waals surface area (Å²) in [7, 11) is -3.52. The van der Waals surface area contributed by atoms with Gasteiger partial charge in [0.15, 0.2) is 0 Å². The van der Waals surface area contributed by atoms with E-state index in [2.05, 4.69) is 14.6 Å². The highest BCUT2D eigenvalue weighted by Crippen LogP contribution is 2.09. The Hall–Kier alpha value is -1.09. The monoisotopic (exact) mass is 314 g/mol. The average molecular weight is 314 g/mol. The summed E-state index contributed by atoms with van der Waals surface area (Å²) >= 11 is 4.77. The number of nitrogens with two attached hydrogens (primary N) is 1. The Morgan fingerprint density at radius 1 is 1.40 bits per heavy atom. The molecule has 1 aromatic rings. The minimum Gasteiger partial charge on any atom is -0.388 e. The first-order valence-corrected chi connectivity index (χ1v) is 8.36. The van der Waals surface area contributed by atoms with E-state index in [9.17, 15) is 8.42 Å². The van der Waals surface area contributed by atoms with Gasteiger partial charge < -0.3 is 10.6 Å². The van der Waals surface area contributed by atoms with Gasteiger partial charge in [0.25, 0.3) is 0 Å². The Kier molecular flexibility index (Phi) is 5.03. The average Bonchev–Trinajstić information content (AvgIpc) is 2.92. The Morgan fingerprint density at radius 2 is 2.10 bits per heavy atom. The molecule has 1 aliphatic heterocycles. The fourth-order valence-corrected chi connectivity index (χ4v) is 3.20. The molecule has 3 N–H and O–H groups in total. The number of nitrogens with one attached hydrogen (secondary N) is 1. The van der Waals surface area contributed by atoms with E-state index in [1.807, 2.05) is 0 Å². The number of hydrogen-bond acceptors (Lipinski definition) is 5. The van der Waals surface area contributed by atoms with Crippen LogP contribution in [0.5, 0.6) is 0 Å². The van der Waals surface area contributed by atoms with Gasteiger partial charge in [-0.3, -0.25) is 4.98 Å². The van der Waals surface area contributed by atoms with E-state index >= 15 is 0 Å². The molecule has 2 heterocycles. The van der Waals surface area contributed by atoms with Gasteiger partial charge in [-0.05, 0) is 38.1 Å². The van der Waals surface area contributed by atoms with Crippen molar-refractivity contribution in [1.29, 1.82) is 0 Å². The molecule has 0 aliphatic carbocycles. The van der Waals surface area contributed by atoms with Crippen molar-refractivity contribution in [1.82, 2.24) is 14.6 Å². The molecule has 6 nitrogen and oxygen atoms in total. The number of rotatable bonds is 6. The molecule has 8 heteroatoms. The molecule has 0 aromatic carbocycles. The number of pyridine rings is 1. The van der Waals surface area contributed by atoms with Crippen molar-refractivity contribution < 1.29 is 8.42 Å². The number of thiocarbonyl (C=S) groups is 1. The van der Waals surface area contributed by atoms with Crippen LogP contribution in [-0.4, -0.2) is 49.5 Å². The van der Waals surface area contributed by atoms with E-state index in [0.717, 1.165) is 19.6 Å². The van der Waals surface area contributed by atoms with Gasteiger partial charge >= 0.3 is 0 Å². The molecule has 1 saturated heterocycles. The number of aromatic nitrogens is 1.